The minimum absolute atomic E-state index is 0.0806. The van der Waals surface area contributed by atoms with Crippen molar-refractivity contribution >= 4 is 29.7 Å². The number of anilines is 1. The number of amides is 2. The van der Waals surface area contributed by atoms with Crippen LogP contribution in [0, 0.1) is 0 Å². The predicted molar refractivity (Wildman–Crippen MR) is 77.1 cm³/mol. The molecule has 1 fully saturated rings. The number of pyridine rings is 1. The van der Waals surface area contributed by atoms with Crippen molar-refractivity contribution in [1.82, 2.24) is 14.8 Å². The molecule has 0 saturated carbocycles. The van der Waals surface area contributed by atoms with Gasteiger partial charge >= 0.3 is 0 Å². The van der Waals surface area contributed by atoms with Gasteiger partial charge in [0.05, 0.1) is 0 Å². The highest BCUT2D eigenvalue weighted by atomic mass is 35.5. The van der Waals surface area contributed by atoms with Crippen LogP contribution in [0.25, 0.3) is 0 Å². The summed E-state index contributed by atoms with van der Waals surface area (Å²) in [7, 11) is 3.69. The molecule has 2 amide bonds. The first-order chi connectivity index (χ1) is 9.51. The number of hydrogen-bond acceptors (Lipinski definition) is 4. The maximum Gasteiger partial charge on any atom is 0.254 e. The standard InChI is InChI=1S/C13H17ClN4O2/c1-16(2)12-8-10(7-11(14)15-12)13(20)18-5-3-17(9-19)4-6-18/h7-9H,3-6H2,1-2H3. The summed E-state index contributed by atoms with van der Waals surface area (Å²) in [6.45, 7) is 2.20. The number of carbonyl (C=O) groups excluding carboxylic acids is 2. The molecule has 1 saturated heterocycles. The molecule has 1 aromatic rings. The number of nitrogens with zero attached hydrogens (tertiary/aromatic N) is 4. The average Bonchev–Trinajstić information content (AvgIpc) is 2.46. The number of carbonyl (C=O) groups is 2. The zero-order chi connectivity index (χ0) is 14.7. The average molecular weight is 297 g/mol. The van der Waals surface area contributed by atoms with Crippen molar-refractivity contribution in [2.24, 2.45) is 0 Å². The van der Waals surface area contributed by atoms with Crippen molar-refractivity contribution in [2.45, 2.75) is 0 Å². The van der Waals surface area contributed by atoms with Crippen LogP contribution in [0.3, 0.4) is 0 Å². The monoisotopic (exact) mass is 296 g/mol. The molecule has 0 spiro atoms. The molecule has 1 aliphatic rings. The van der Waals surface area contributed by atoms with E-state index in [-0.39, 0.29) is 5.91 Å². The Morgan fingerprint density at radius 3 is 2.50 bits per heavy atom. The Labute approximate surface area is 122 Å². The summed E-state index contributed by atoms with van der Waals surface area (Å²) in [5.41, 5.74) is 0.522. The molecule has 0 atom stereocenters. The predicted octanol–water partition coefficient (Wildman–Crippen LogP) is 0.715. The first-order valence-electron chi connectivity index (χ1n) is 6.35. The Hall–Kier alpha value is -1.82. The molecular formula is C13H17ClN4O2. The summed E-state index contributed by atoms with van der Waals surface area (Å²) in [5, 5.41) is 0.297. The van der Waals surface area contributed by atoms with Crippen molar-refractivity contribution in [2.75, 3.05) is 45.2 Å². The zero-order valence-corrected chi connectivity index (χ0v) is 12.3. The van der Waals surface area contributed by atoms with Gasteiger partial charge in [-0.1, -0.05) is 11.6 Å². The van der Waals surface area contributed by atoms with Gasteiger partial charge < -0.3 is 14.7 Å². The summed E-state index contributed by atoms with van der Waals surface area (Å²) in [5.74, 6) is 0.565. The number of halogens is 1. The molecule has 2 rings (SSSR count). The zero-order valence-electron chi connectivity index (χ0n) is 11.5. The third kappa shape index (κ3) is 3.19. The van der Waals surface area contributed by atoms with Crippen LogP contribution in [-0.2, 0) is 4.79 Å². The van der Waals surface area contributed by atoms with Gasteiger partial charge in [-0.05, 0) is 12.1 Å². The summed E-state index contributed by atoms with van der Waals surface area (Å²) in [6.07, 6.45) is 0.815. The maximum atomic E-state index is 12.4. The number of hydrogen-bond donors (Lipinski definition) is 0. The number of aromatic nitrogens is 1. The number of piperazine rings is 1. The largest absolute Gasteiger partial charge is 0.363 e. The van der Waals surface area contributed by atoms with Crippen molar-refractivity contribution < 1.29 is 9.59 Å². The van der Waals surface area contributed by atoms with Crippen LogP contribution in [0.5, 0.6) is 0 Å². The SMILES string of the molecule is CN(C)c1cc(C(=O)N2CCN(C=O)CC2)cc(Cl)n1. The molecule has 0 bridgehead atoms. The minimum atomic E-state index is -0.0806. The molecule has 2 heterocycles. The summed E-state index contributed by atoms with van der Waals surface area (Å²) >= 11 is 5.96. The first kappa shape index (κ1) is 14.6. The van der Waals surface area contributed by atoms with E-state index in [2.05, 4.69) is 4.98 Å². The van der Waals surface area contributed by atoms with E-state index in [9.17, 15) is 9.59 Å². The van der Waals surface area contributed by atoms with E-state index in [0.29, 0.717) is 42.7 Å². The molecule has 108 valence electrons. The van der Waals surface area contributed by atoms with Gasteiger partial charge in [-0.15, -0.1) is 0 Å². The van der Waals surface area contributed by atoms with Gasteiger partial charge in [0.2, 0.25) is 6.41 Å². The van der Waals surface area contributed by atoms with E-state index >= 15 is 0 Å². The lowest BCUT2D eigenvalue weighted by Gasteiger charge is -2.32. The quantitative estimate of drug-likeness (QED) is 0.609. The van der Waals surface area contributed by atoms with Crippen LogP contribution in [-0.4, -0.2) is 67.4 Å². The molecule has 1 aromatic heterocycles. The van der Waals surface area contributed by atoms with Crippen LogP contribution in [0.4, 0.5) is 5.82 Å². The Balaban J connectivity index is 2.15. The fourth-order valence-electron chi connectivity index (χ4n) is 2.05. The molecule has 6 nitrogen and oxygen atoms in total. The second-order valence-electron chi connectivity index (χ2n) is 4.86. The Morgan fingerprint density at radius 1 is 1.30 bits per heavy atom. The summed E-state index contributed by atoms with van der Waals surface area (Å²) < 4.78 is 0. The summed E-state index contributed by atoms with van der Waals surface area (Å²) in [4.78, 5) is 32.4. The Morgan fingerprint density at radius 2 is 1.95 bits per heavy atom. The van der Waals surface area contributed by atoms with E-state index in [1.54, 1.807) is 26.8 Å². The minimum Gasteiger partial charge on any atom is -0.363 e. The highest BCUT2D eigenvalue weighted by Gasteiger charge is 2.22. The van der Waals surface area contributed by atoms with Gasteiger partial charge in [-0.2, -0.15) is 0 Å². The third-order valence-corrected chi connectivity index (χ3v) is 3.43. The van der Waals surface area contributed by atoms with Crippen LogP contribution < -0.4 is 4.90 Å². The first-order valence-corrected chi connectivity index (χ1v) is 6.72. The normalized spacial score (nSPS) is 15.2. The van der Waals surface area contributed by atoms with Crippen molar-refractivity contribution in [1.29, 1.82) is 0 Å². The second kappa shape index (κ2) is 6.09. The maximum absolute atomic E-state index is 12.4. The summed E-state index contributed by atoms with van der Waals surface area (Å²) in [6, 6.07) is 3.29. The van der Waals surface area contributed by atoms with Gasteiger partial charge in [0.15, 0.2) is 0 Å². The molecule has 20 heavy (non-hydrogen) atoms. The molecule has 0 unspecified atom stereocenters. The molecule has 7 heteroatoms. The highest BCUT2D eigenvalue weighted by Crippen LogP contribution is 2.18. The van der Waals surface area contributed by atoms with Crippen molar-refractivity contribution in [3.8, 4) is 0 Å². The van der Waals surface area contributed by atoms with E-state index in [4.69, 9.17) is 11.6 Å². The Kier molecular flexibility index (Phi) is 4.44. The fraction of sp³-hybridized carbons (Fsp3) is 0.462. The van der Waals surface area contributed by atoms with Crippen molar-refractivity contribution in [3.05, 3.63) is 22.8 Å². The van der Waals surface area contributed by atoms with E-state index < -0.39 is 0 Å². The van der Waals surface area contributed by atoms with E-state index in [1.807, 2.05) is 14.1 Å². The topological polar surface area (TPSA) is 56.8 Å². The Bertz CT molecular complexity index is 513. The van der Waals surface area contributed by atoms with Gasteiger partial charge in [-0.3, -0.25) is 9.59 Å². The second-order valence-corrected chi connectivity index (χ2v) is 5.25. The molecule has 0 aromatic carbocycles. The van der Waals surface area contributed by atoms with Gasteiger partial charge in [0.25, 0.3) is 5.91 Å². The van der Waals surface area contributed by atoms with Crippen LogP contribution >= 0.6 is 11.6 Å². The van der Waals surface area contributed by atoms with E-state index in [1.165, 1.54) is 0 Å². The molecule has 0 aliphatic carbocycles. The van der Waals surface area contributed by atoms with Crippen LogP contribution in [0.1, 0.15) is 10.4 Å². The lowest BCUT2D eigenvalue weighted by molar-refractivity contribution is -0.119. The molecular weight excluding hydrogens is 280 g/mol. The van der Waals surface area contributed by atoms with Gasteiger partial charge in [-0.25, -0.2) is 4.98 Å². The van der Waals surface area contributed by atoms with Gasteiger partial charge in [0.1, 0.15) is 11.0 Å². The smallest absolute Gasteiger partial charge is 0.254 e. The highest BCUT2D eigenvalue weighted by molar-refractivity contribution is 6.29. The molecule has 0 N–H and O–H groups in total. The lowest BCUT2D eigenvalue weighted by atomic mass is 10.2. The van der Waals surface area contributed by atoms with Crippen LogP contribution in [0.2, 0.25) is 5.15 Å². The number of rotatable bonds is 3. The van der Waals surface area contributed by atoms with Crippen LogP contribution in [0.15, 0.2) is 12.1 Å². The van der Waals surface area contributed by atoms with Gasteiger partial charge in [0, 0.05) is 45.8 Å². The lowest BCUT2D eigenvalue weighted by Crippen LogP contribution is -2.48. The molecule has 0 radical (unpaired) electrons. The fourth-order valence-corrected chi connectivity index (χ4v) is 2.25. The molecule has 1 aliphatic heterocycles. The third-order valence-electron chi connectivity index (χ3n) is 3.24. The van der Waals surface area contributed by atoms with E-state index in [0.717, 1.165) is 6.41 Å². The van der Waals surface area contributed by atoms with Crippen molar-refractivity contribution in [3.63, 3.8) is 0 Å².